The summed E-state index contributed by atoms with van der Waals surface area (Å²) in [5, 5.41) is 2.82. The molecule has 0 fully saturated rings. The number of anilines is 2. The van der Waals surface area contributed by atoms with Crippen molar-refractivity contribution in [2.24, 2.45) is 0 Å². The van der Waals surface area contributed by atoms with Crippen LogP contribution in [-0.4, -0.2) is 35.1 Å². The summed E-state index contributed by atoms with van der Waals surface area (Å²) < 4.78 is 38.6. The molecule has 0 bridgehead atoms. The minimum absolute atomic E-state index is 0.000232. The predicted molar refractivity (Wildman–Crippen MR) is 125 cm³/mol. The lowest BCUT2D eigenvalue weighted by Crippen LogP contribution is -2.27. The van der Waals surface area contributed by atoms with Crippen molar-refractivity contribution in [2.45, 2.75) is 18.7 Å². The average Bonchev–Trinajstić information content (AvgIpc) is 2.80. The quantitative estimate of drug-likeness (QED) is 0.542. The molecule has 3 aromatic carbocycles. The third kappa shape index (κ3) is 4.70. The van der Waals surface area contributed by atoms with Crippen LogP contribution in [0.5, 0.6) is 11.5 Å². The van der Waals surface area contributed by atoms with Gasteiger partial charge in [0.25, 0.3) is 15.9 Å². The van der Waals surface area contributed by atoms with Gasteiger partial charge in [-0.15, -0.1) is 0 Å². The topological polar surface area (TPSA) is 84.9 Å². The zero-order chi connectivity index (χ0) is 23.3. The van der Waals surface area contributed by atoms with Crippen molar-refractivity contribution < 1.29 is 22.7 Å². The molecule has 0 aliphatic rings. The highest BCUT2D eigenvalue weighted by Crippen LogP contribution is 2.31. The fourth-order valence-electron chi connectivity index (χ4n) is 3.22. The lowest BCUT2D eigenvalue weighted by Gasteiger charge is -2.22. The molecule has 3 rings (SSSR count). The molecule has 0 radical (unpaired) electrons. The number of para-hydroxylation sites is 4. The Morgan fingerprint density at radius 2 is 1.66 bits per heavy atom. The van der Waals surface area contributed by atoms with Crippen LogP contribution in [0.15, 0.2) is 71.6 Å². The van der Waals surface area contributed by atoms with Gasteiger partial charge in [0.2, 0.25) is 0 Å². The monoisotopic (exact) mass is 454 g/mol. The third-order valence-electron chi connectivity index (χ3n) is 4.97. The molecule has 0 aromatic heterocycles. The number of aryl methyl sites for hydroxylation is 1. The van der Waals surface area contributed by atoms with Crippen molar-refractivity contribution in [1.29, 1.82) is 0 Å². The van der Waals surface area contributed by atoms with Crippen molar-refractivity contribution in [2.75, 3.05) is 30.4 Å². The van der Waals surface area contributed by atoms with Gasteiger partial charge in [-0.05, 0) is 55.8 Å². The van der Waals surface area contributed by atoms with Crippen LogP contribution in [0.25, 0.3) is 0 Å². The number of hydrogen-bond donors (Lipinski definition) is 1. The number of methoxy groups -OCH3 is 1. The summed E-state index contributed by atoms with van der Waals surface area (Å²) in [6, 6.07) is 18.4. The van der Waals surface area contributed by atoms with E-state index in [0.717, 1.165) is 4.31 Å². The Morgan fingerprint density at radius 1 is 1.00 bits per heavy atom. The van der Waals surface area contributed by atoms with Gasteiger partial charge in [-0.2, -0.15) is 0 Å². The Hall–Kier alpha value is -3.52. The first kappa shape index (κ1) is 23.1. The van der Waals surface area contributed by atoms with Crippen LogP contribution in [-0.2, 0) is 10.0 Å². The van der Waals surface area contributed by atoms with Crippen molar-refractivity contribution >= 4 is 27.3 Å². The van der Waals surface area contributed by atoms with Gasteiger partial charge in [0, 0.05) is 12.6 Å². The maximum Gasteiger partial charge on any atom is 0.264 e. The lowest BCUT2D eigenvalue weighted by atomic mass is 10.1. The molecule has 0 unspecified atom stereocenters. The van der Waals surface area contributed by atoms with Gasteiger partial charge in [-0.25, -0.2) is 8.42 Å². The number of amides is 1. The first-order chi connectivity index (χ1) is 15.3. The molecule has 0 saturated heterocycles. The molecule has 32 heavy (non-hydrogen) atoms. The molecule has 0 heterocycles. The van der Waals surface area contributed by atoms with Crippen LogP contribution in [0.4, 0.5) is 11.4 Å². The normalized spacial score (nSPS) is 11.0. The van der Waals surface area contributed by atoms with Crippen LogP contribution < -0.4 is 19.1 Å². The van der Waals surface area contributed by atoms with Gasteiger partial charge in [0.05, 0.1) is 30.0 Å². The van der Waals surface area contributed by atoms with Gasteiger partial charge in [-0.3, -0.25) is 9.10 Å². The molecule has 0 aliphatic carbocycles. The fourth-order valence-corrected chi connectivity index (χ4v) is 4.46. The third-order valence-corrected chi connectivity index (χ3v) is 6.74. The highest BCUT2D eigenvalue weighted by atomic mass is 32.2. The SMILES string of the molecule is CCOc1ccccc1NC(=O)c1cc(S(=O)(=O)N(C)c2ccccc2OC)ccc1C. The van der Waals surface area contributed by atoms with E-state index >= 15 is 0 Å². The second-order valence-electron chi connectivity index (χ2n) is 7.00. The predicted octanol–water partition coefficient (Wildman–Crippen LogP) is 4.48. The van der Waals surface area contributed by atoms with Crippen molar-refractivity contribution in [3.8, 4) is 11.5 Å². The van der Waals surface area contributed by atoms with Crippen molar-refractivity contribution in [1.82, 2.24) is 0 Å². The van der Waals surface area contributed by atoms with Crippen molar-refractivity contribution in [3.63, 3.8) is 0 Å². The van der Waals surface area contributed by atoms with Crippen LogP contribution in [0.1, 0.15) is 22.8 Å². The van der Waals surface area contributed by atoms with E-state index in [1.54, 1.807) is 55.5 Å². The molecule has 1 N–H and O–H groups in total. The zero-order valence-corrected chi connectivity index (χ0v) is 19.3. The zero-order valence-electron chi connectivity index (χ0n) is 18.5. The number of rotatable bonds is 8. The van der Waals surface area contributed by atoms with Crippen LogP contribution >= 0.6 is 0 Å². The Morgan fingerprint density at radius 3 is 2.34 bits per heavy atom. The molecular weight excluding hydrogens is 428 g/mol. The summed E-state index contributed by atoms with van der Waals surface area (Å²) in [5.41, 5.74) is 1.81. The van der Waals surface area contributed by atoms with Crippen molar-refractivity contribution in [3.05, 3.63) is 77.9 Å². The van der Waals surface area contributed by atoms with Gasteiger partial charge in [0.15, 0.2) is 0 Å². The first-order valence-electron chi connectivity index (χ1n) is 10.0. The smallest absolute Gasteiger partial charge is 0.264 e. The van der Waals surface area contributed by atoms with Gasteiger partial charge < -0.3 is 14.8 Å². The lowest BCUT2D eigenvalue weighted by molar-refractivity contribution is 0.102. The minimum atomic E-state index is -3.94. The molecule has 0 atom stereocenters. The van der Waals surface area contributed by atoms with E-state index in [1.165, 1.54) is 26.3 Å². The second kappa shape index (κ2) is 9.74. The molecule has 168 valence electrons. The van der Waals surface area contributed by atoms with E-state index in [1.807, 2.05) is 13.0 Å². The Kier molecular flexibility index (Phi) is 7.05. The number of nitrogens with one attached hydrogen (secondary N) is 1. The molecule has 3 aromatic rings. The number of carbonyl (C=O) groups is 1. The summed E-state index contributed by atoms with van der Waals surface area (Å²) in [4.78, 5) is 13.0. The highest BCUT2D eigenvalue weighted by molar-refractivity contribution is 7.92. The Bertz CT molecular complexity index is 1220. The first-order valence-corrected chi connectivity index (χ1v) is 11.5. The van der Waals surface area contributed by atoms with E-state index in [4.69, 9.17) is 9.47 Å². The average molecular weight is 455 g/mol. The number of hydrogen-bond acceptors (Lipinski definition) is 5. The fraction of sp³-hybridized carbons (Fsp3) is 0.208. The molecular formula is C24H26N2O5S. The van der Waals surface area contributed by atoms with E-state index in [0.29, 0.717) is 35.0 Å². The van der Waals surface area contributed by atoms with Crippen LogP contribution in [0.3, 0.4) is 0 Å². The summed E-state index contributed by atoms with van der Waals surface area (Å²) in [6.07, 6.45) is 0. The minimum Gasteiger partial charge on any atom is -0.495 e. The second-order valence-corrected chi connectivity index (χ2v) is 8.97. The molecule has 0 saturated carbocycles. The number of benzene rings is 3. The number of ether oxygens (including phenoxy) is 2. The number of sulfonamides is 1. The molecule has 7 nitrogen and oxygen atoms in total. The molecule has 8 heteroatoms. The maximum atomic E-state index is 13.3. The highest BCUT2D eigenvalue weighted by Gasteiger charge is 2.25. The Labute approximate surface area is 188 Å². The largest absolute Gasteiger partial charge is 0.495 e. The summed E-state index contributed by atoms with van der Waals surface area (Å²) in [5.74, 6) is 0.545. The van der Waals surface area contributed by atoms with Gasteiger partial charge in [0.1, 0.15) is 11.5 Å². The van der Waals surface area contributed by atoms with E-state index in [-0.39, 0.29) is 10.5 Å². The summed E-state index contributed by atoms with van der Waals surface area (Å²) in [7, 11) is -1.01. The molecule has 0 spiro atoms. The van der Waals surface area contributed by atoms with E-state index in [9.17, 15) is 13.2 Å². The maximum absolute atomic E-state index is 13.3. The number of carbonyl (C=O) groups excluding carboxylic acids is 1. The van der Waals surface area contributed by atoms with E-state index in [2.05, 4.69) is 5.32 Å². The molecule has 1 amide bonds. The summed E-state index contributed by atoms with van der Waals surface area (Å²) >= 11 is 0. The summed E-state index contributed by atoms with van der Waals surface area (Å²) in [6.45, 7) is 4.06. The van der Waals surface area contributed by atoms with E-state index < -0.39 is 15.9 Å². The van der Waals surface area contributed by atoms with Gasteiger partial charge in [-0.1, -0.05) is 30.3 Å². The van der Waals surface area contributed by atoms with Crippen LogP contribution in [0, 0.1) is 6.92 Å². The van der Waals surface area contributed by atoms with Crippen LogP contribution in [0.2, 0.25) is 0 Å². The standard InChI is InChI=1S/C24H26N2O5S/c1-5-31-22-12-8-6-10-20(22)25-24(27)19-16-18(15-14-17(19)2)32(28,29)26(3)21-11-7-9-13-23(21)30-4/h6-16H,5H2,1-4H3,(H,25,27). The Balaban J connectivity index is 1.95. The number of nitrogens with zero attached hydrogens (tertiary/aromatic N) is 1. The van der Waals surface area contributed by atoms with Gasteiger partial charge >= 0.3 is 0 Å². The molecule has 0 aliphatic heterocycles.